The van der Waals surface area contributed by atoms with E-state index in [1.807, 2.05) is 0 Å². The van der Waals surface area contributed by atoms with E-state index in [0.717, 1.165) is 0 Å². The minimum atomic E-state index is -1.21. The Labute approximate surface area is 125 Å². The van der Waals surface area contributed by atoms with E-state index in [0.29, 0.717) is 5.56 Å². The molecular weight excluding hydrogens is 294 g/mol. The molecule has 21 heavy (non-hydrogen) atoms. The van der Waals surface area contributed by atoms with Gasteiger partial charge in [0.2, 0.25) is 0 Å². The molecule has 0 heterocycles. The van der Waals surface area contributed by atoms with Crippen LogP contribution < -0.4 is 5.32 Å². The number of anilines is 1. The molecule has 0 unspecified atom stereocenters. The molecule has 2 aromatic rings. The van der Waals surface area contributed by atoms with E-state index in [9.17, 15) is 14.7 Å². The highest BCUT2D eigenvalue weighted by atomic mass is 35.5. The number of carbonyl (C=O) groups excluding carboxylic acids is 1. The molecule has 0 saturated carbocycles. The normalized spacial score (nSPS) is 10.2. The van der Waals surface area contributed by atoms with Crippen molar-refractivity contribution in [2.45, 2.75) is 6.92 Å². The predicted octanol–water partition coefficient (Wildman–Crippen LogP) is 3.30. The number of hydrogen-bond acceptors (Lipinski definition) is 3. The minimum Gasteiger partial charge on any atom is -0.507 e. The van der Waals surface area contributed by atoms with Crippen molar-refractivity contribution in [1.82, 2.24) is 0 Å². The van der Waals surface area contributed by atoms with Crippen LogP contribution in [0.1, 0.15) is 26.3 Å². The van der Waals surface area contributed by atoms with E-state index in [1.54, 1.807) is 19.1 Å². The first kappa shape index (κ1) is 14.9. The highest BCUT2D eigenvalue weighted by Crippen LogP contribution is 2.25. The number of halogens is 1. The summed E-state index contributed by atoms with van der Waals surface area (Å²) in [6, 6.07) is 8.86. The van der Waals surface area contributed by atoms with Gasteiger partial charge in [-0.25, -0.2) is 4.79 Å². The number of aryl methyl sites for hydroxylation is 1. The molecule has 0 bridgehead atoms. The molecule has 108 valence electrons. The van der Waals surface area contributed by atoms with Crippen molar-refractivity contribution in [3.05, 3.63) is 58.1 Å². The zero-order chi connectivity index (χ0) is 15.6. The predicted molar refractivity (Wildman–Crippen MR) is 79.2 cm³/mol. The number of carboxylic acid groups (broad SMARTS) is 1. The molecule has 0 aromatic heterocycles. The van der Waals surface area contributed by atoms with Crippen LogP contribution in [0.2, 0.25) is 5.02 Å². The first-order chi connectivity index (χ1) is 9.90. The molecule has 5 nitrogen and oxygen atoms in total. The number of aromatic carboxylic acids is 1. The van der Waals surface area contributed by atoms with Gasteiger partial charge < -0.3 is 15.5 Å². The molecule has 6 heteroatoms. The van der Waals surface area contributed by atoms with E-state index < -0.39 is 11.9 Å². The zero-order valence-corrected chi connectivity index (χ0v) is 11.8. The average Bonchev–Trinajstić information content (AvgIpc) is 2.43. The number of benzene rings is 2. The molecule has 2 aromatic carbocycles. The smallest absolute Gasteiger partial charge is 0.337 e. The molecular formula is C15H12ClNO4. The Balaban J connectivity index is 2.36. The van der Waals surface area contributed by atoms with E-state index >= 15 is 0 Å². The Bertz CT molecular complexity index is 728. The lowest BCUT2D eigenvalue weighted by atomic mass is 10.1. The standard InChI is InChI=1S/C15H12ClNO4/c1-8-3-2-4-10(13(8)18)14(19)17-12-6-5-9(16)7-11(12)15(20)21/h2-7,18H,1H3,(H,17,19)(H,20,21). The van der Waals surface area contributed by atoms with Crippen molar-refractivity contribution in [3.63, 3.8) is 0 Å². The van der Waals surface area contributed by atoms with E-state index in [2.05, 4.69) is 5.32 Å². The van der Waals surface area contributed by atoms with Crippen molar-refractivity contribution in [2.24, 2.45) is 0 Å². The maximum atomic E-state index is 12.1. The number of hydrogen-bond donors (Lipinski definition) is 3. The van der Waals surface area contributed by atoms with Gasteiger partial charge in [0.25, 0.3) is 5.91 Å². The fraction of sp³-hybridized carbons (Fsp3) is 0.0667. The van der Waals surface area contributed by atoms with Crippen molar-refractivity contribution in [1.29, 1.82) is 0 Å². The maximum absolute atomic E-state index is 12.1. The highest BCUT2D eigenvalue weighted by Gasteiger charge is 2.17. The SMILES string of the molecule is Cc1cccc(C(=O)Nc2ccc(Cl)cc2C(=O)O)c1O. The van der Waals surface area contributed by atoms with Crippen molar-refractivity contribution in [3.8, 4) is 5.75 Å². The second-order valence-electron chi connectivity index (χ2n) is 4.42. The fourth-order valence-electron chi connectivity index (χ4n) is 1.83. The fourth-order valence-corrected chi connectivity index (χ4v) is 2.01. The number of rotatable bonds is 3. The Morgan fingerprint density at radius 1 is 1.14 bits per heavy atom. The molecule has 3 N–H and O–H groups in total. The first-order valence-corrected chi connectivity index (χ1v) is 6.40. The van der Waals surface area contributed by atoms with Crippen molar-refractivity contribution >= 4 is 29.2 Å². The van der Waals surface area contributed by atoms with Gasteiger partial charge in [-0.15, -0.1) is 0 Å². The number of para-hydroxylation sites is 1. The molecule has 0 aliphatic rings. The van der Waals surface area contributed by atoms with Gasteiger partial charge in [0.05, 0.1) is 16.8 Å². The lowest BCUT2D eigenvalue weighted by Gasteiger charge is -2.10. The minimum absolute atomic E-state index is 0.0706. The van der Waals surface area contributed by atoms with Gasteiger partial charge in [0.1, 0.15) is 5.75 Å². The highest BCUT2D eigenvalue weighted by molar-refractivity contribution is 6.31. The third kappa shape index (κ3) is 3.14. The summed E-state index contributed by atoms with van der Waals surface area (Å²) in [5.74, 6) is -1.94. The number of nitrogens with one attached hydrogen (secondary N) is 1. The molecule has 0 aliphatic heterocycles. The first-order valence-electron chi connectivity index (χ1n) is 6.03. The summed E-state index contributed by atoms with van der Waals surface area (Å²) < 4.78 is 0. The van der Waals surface area contributed by atoms with Crippen LogP contribution in [-0.2, 0) is 0 Å². The van der Waals surface area contributed by atoms with Crippen LogP contribution in [0.25, 0.3) is 0 Å². The van der Waals surface area contributed by atoms with Crippen molar-refractivity contribution in [2.75, 3.05) is 5.32 Å². The number of aromatic hydroxyl groups is 1. The van der Waals surface area contributed by atoms with Crippen LogP contribution in [0.3, 0.4) is 0 Å². The Hall–Kier alpha value is -2.53. The Morgan fingerprint density at radius 2 is 1.86 bits per heavy atom. The van der Waals surface area contributed by atoms with E-state index in [4.69, 9.17) is 16.7 Å². The van der Waals surface area contributed by atoms with Gasteiger partial charge in [-0.2, -0.15) is 0 Å². The van der Waals surface area contributed by atoms with Crippen LogP contribution >= 0.6 is 11.6 Å². The maximum Gasteiger partial charge on any atom is 0.337 e. The second kappa shape index (κ2) is 5.85. The molecule has 0 fully saturated rings. The number of phenols is 1. The summed E-state index contributed by atoms with van der Waals surface area (Å²) in [5.41, 5.74) is 0.610. The monoisotopic (exact) mass is 305 g/mol. The summed E-state index contributed by atoms with van der Waals surface area (Å²) in [6.07, 6.45) is 0. The summed E-state index contributed by atoms with van der Waals surface area (Å²) in [7, 11) is 0. The number of carboxylic acids is 1. The second-order valence-corrected chi connectivity index (χ2v) is 4.86. The van der Waals surface area contributed by atoms with Crippen molar-refractivity contribution < 1.29 is 19.8 Å². The van der Waals surface area contributed by atoms with E-state index in [-0.39, 0.29) is 27.6 Å². The van der Waals surface area contributed by atoms with Gasteiger partial charge >= 0.3 is 5.97 Å². The molecule has 0 radical (unpaired) electrons. The van der Waals surface area contributed by atoms with Crippen LogP contribution in [0.15, 0.2) is 36.4 Å². The molecule has 0 atom stereocenters. The molecule has 0 saturated heterocycles. The van der Waals surface area contributed by atoms with Gasteiger partial charge in [0, 0.05) is 5.02 Å². The third-order valence-electron chi connectivity index (χ3n) is 2.94. The van der Waals surface area contributed by atoms with Gasteiger partial charge in [-0.3, -0.25) is 4.79 Å². The van der Waals surface area contributed by atoms with E-state index in [1.165, 1.54) is 24.3 Å². The summed E-state index contributed by atoms with van der Waals surface area (Å²) in [5, 5.41) is 21.7. The number of carbonyl (C=O) groups is 2. The number of amides is 1. The van der Waals surface area contributed by atoms with Gasteiger partial charge in [0.15, 0.2) is 0 Å². The lowest BCUT2D eigenvalue weighted by Crippen LogP contribution is -2.15. The van der Waals surface area contributed by atoms with Gasteiger partial charge in [-0.05, 0) is 36.8 Å². The summed E-state index contributed by atoms with van der Waals surface area (Å²) >= 11 is 5.74. The Morgan fingerprint density at radius 3 is 2.52 bits per heavy atom. The summed E-state index contributed by atoms with van der Waals surface area (Å²) in [4.78, 5) is 23.3. The van der Waals surface area contributed by atoms with Crippen LogP contribution in [0.4, 0.5) is 5.69 Å². The molecule has 1 amide bonds. The summed E-state index contributed by atoms with van der Waals surface area (Å²) in [6.45, 7) is 1.66. The topological polar surface area (TPSA) is 86.6 Å². The third-order valence-corrected chi connectivity index (χ3v) is 3.18. The molecule has 0 aliphatic carbocycles. The average molecular weight is 306 g/mol. The molecule has 2 rings (SSSR count). The Kier molecular flexibility index (Phi) is 4.14. The van der Waals surface area contributed by atoms with Gasteiger partial charge in [-0.1, -0.05) is 23.7 Å². The molecule has 0 spiro atoms. The zero-order valence-electron chi connectivity index (χ0n) is 11.1. The van der Waals surface area contributed by atoms with Crippen LogP contribution in [0.5, 0.6) is 5.75 Å². The largest absolute Gasteiger partial charge is 0.507 e. The van der Waals surface area contributed by atoms with Crippen LogP contribution in [0, 0.1) is 6.92 Å². The quantitative estimate of drug-likeness (QED) is 0.812. The lowest BCUT2D eigenvalue weighted by molar-refractivity contribution is 0.0698. The van der Waals surface area contributed by atoms with Crippen LogP contribution in [-0.4, -0.2) is 22.1 Å². The number of phenolic OH excluding ortho intramolecular Hbond substituents is 1.